The van der Waals surface area contributed by atoms with Crippen molar-refractivity contribution in [2.75, 3.05) is 12.0 Å². The maximum atomic E-state index is 4.16. The fourth-order valence-corrected chi connectivity index (χ4v) is 1.94. The molecule has 14 heavy (non-hydrogen) atoms. The molecule has 0 aliphatic carbocycles. The molecule has 4 heteroatoms. The van der Waals surface area contributed by atoms with Gasteiger partial charge in [-0.15, -0.1) is 0 Å². The minimum Gasteiger partial charge on any atom is -0.306 e. The fraction of sp³-hybridized carbons (Fsp3) is 0.600. The lowest BCUT2D eigenvalue weighted by atomic mass is 10.2. The Hall–Kier alpha value is -0.610. The smallest absolute Gasteiger partial charge is 0.141 e. The van der Waals surface area contributed by atoms with E-state index in [9.17, 15) is 0 Å². The highest BCUT2D eigenvalue weighted by molar-refractivity contribution is 7.98. The Morgan fingerprint density at radius 2 is 2.14 bits per heavy atom. The van der Waals surface area contributed by atoms with Crippen LogP contribution >= 0.6 is 11.8 Å². The molecule has 0 aliphatic rings. The van der Waals surface area contributed by atoms with Crippen molar-refractivity contribution in [3.63, 3.8) is 0 Å². The van der Waals surface area contributed by atoms with E-state index in [1.54, 1.807) is 12.4 Å². The van der Waals surface area contributed by atoms with Crippen molar-refractivity contribution in [1.29, 1.82) is 0 Å². The maximum absolute atomic E-state index is 4.16. The molecular formula is C10H17N3S. The molecule has 1 rings (SSSR count). The number of nitrogens with one attached hydrogen (secondary N) is 1. The third-order valence-corrected chi connectivity index (χ3v) is 2.76. The molecule has 1 aromatic heterocycles. The van der Waals surface area contributed by atoms with Crippen LogP contribution in [-0.2, 0) is 6.54 Å². The molecule has 0 saturated heterocycles. The number of thioether (sulfide) groups is 1. The summed E-state index contributed by atoms with van der Waals surface area (Å²) >= 11 is 1.87. The predicted octanol–water partition coefficient (Wildman–Crippen LogP) is 1.71. The monoisotopic (exact) mass is 211 g/mol. The van der Waals surface area contributed by atoms with E-state index in [-0.39, 0.29) is 0 Å². The summed E-state index contributed by atoms with van der Waals surface area (Å²) in [6.45, 7) is 2.96. The second-order valence-corrected chi connectivity index (χ2v) is 4.02. The summed E-state index contributed by atoms with van der Waals surface area (Å²) in [4.78, 5) is 8.33. The van der Waals surface area contributed by atoms with Gasteiger partial charge in [-0.1, -0.05) is 6.92 Å². The van der Waals surface area contributed by atoms with Crippen LogP contribution in [0.4, 0.5) is 0 Å². The van der Waals surface area contributed by atoms with Gasteiger partial charge in [-0.3, -0.25) is 0 Å². The van der Waals surface area contributed by atoms with Crippen molar-refractivity contribution in [1.82, 2.24) is 15.3 Å². The van der Waals surface area contributed by atoms with Gasteiger partial charge in [0, 0.05) is 24.2 Å². The van der Waals surface area contributed by atoms with Crippen molar-refractivity contribution >= 4 is 11.8 Å². The van der Waals surface area contributed by atoms with Crippen LogP contribution in [0.5, 0.6) is 0 Å². The first-order valence-corrected chi connectivity index (χ1v) is 6.24. The van der Waals surface area contributed by atoms with Crippen molar-refractivity contribution in [2.24, 2.45) is 0 Å². The van der Waals surface area contributed by atoms with Gasteiger partial charge in [0.05, 0.1) is 6.54 Å². The second kappa shape index (κ2) is 6.79. The zero-order valence-electron chi connectivity index (χ0n) is 8.73. The van der Waals surface area contributed by atoms with Gasteiger partial charge >= 0.3 is 0 Å². The maximum Gasteiger partial charge on any atom is 0.141 e. The number of nitrogens with zero attached hydrogens (tertiary/aromatic N) is 2. The average molecular weight is 211 g/mol. The van der Waals surface area contributed by atoms with Gasteiger partial charge < -0.3 is 5.32 Å². The van der Waals surface area contributed by atoms with Crippen molar-refractivity contribution in [2.45, 2.75) is 25.9 Å². The Labute approximate surface area is 89.7 Å². The number of aromatic nitrogens is 2. The molecule has 1 aromatic rings. The quantitative estimate of drug-likeness (QED) is 0.777. The lowest BCUT2D eigenvalue weighted by Crippen LogP contribution is -2.30. The third kappa shape index (κ3) is 4.07. The first kappa shape index (κ1) is 11.5. The Morgan fingerprint density at radius 1 is 1.43 bits per heavy atom. The van der Waals surface area contributed by atoms with E-state index in [2.05, 4.69) is 28.5 Å². The van der Waals surface area contributed by atoms with Crippen LogP contribution in [0.15, 0.2) is 18.5 Å². The summed E-state index contributed by atoms with van der Waals surface area (Å²) in [5.41, 5.74) is 0. The summed E-state index contributed by atoms with van der Waals surface area (Å²) in [5, 5.41) is 3.44. The van der Waals surface area contributed by atoms with Crippen LogP contribution < -0.4 is 5.32 Å². The van der Waals surface area contributed by atoms with E-state index in [0.717, 1.165) is 24.5 Å². The van der Waals surface area contributed by atoms with Gasteiger partial charge in [-0.05, 0) is 18.7 Å². The molecule has 78 valence electrons. The highest BCUT2D eigenvalue weighted by Crippen LogP contribution is 2.01. The molecule has 0 fully saturated rings. The SMILES string of the molecule is CCC(CSC)NCc1ncccn1. The minimum atomic E-state index is 0.564. The summed E-state index contributed by atoms with van der Waals surface area (Å²) < 4.78 is 0. The van der Waals surface area contributed by atoms with Crippen LogP contribution in [-0.4, -0.2) is 28.0 Å². The molecule has 1 unspecified atom stereocenters. The van der Waals surface area contributed by atoms with E-state index in [4.69, 9.17) is 0 Å². The summed E-state index contributed by atoms with van der Waals surface area (Å²) in [7, 11) is 0. The van der Waals surface area contributed by atoms with Crippen molar-refractivity contribution < 1.29 is 0 Å². The van der Waals surface area contributed by atoms with Gasteiger partial charge in [-0.25, -0.2) is 9.97 Å². The molecular weight excluding hydrogens is 194 g/mol. The largest absolute Gasteiger partial charge is 0.306 e. The van der Waals surface area contributed by atoms with Crippen molar-refractivity contribution in [3.05, 3.63) is 24.3 Å². The van der Waals surface area contributed by atoms with E-state index in [1.165, 1.54) is 0 Å². The molecule has 0 saturated carbocycles. The Balaban J connectivity index is 2.32. The van der Waals surface area contributed by atoms with Crippen LogP contribution in [0.2, 0.25) is 0 Å². The first-order valence-electron chi connectivity index (χ1n) is 4.85. The normalized spacial score (nSPS) is 12.7. The molecule has 0 amide bonds. The highest BCUT2D eigenvalue weighted by Gasteiger charge is 2.04. The number of hydrogen-bond acceptors (Lipinski definition) is 4. The van der Waals surface area contributed by atoms with Gasteiger partial charge in [0.25, 0.3) is 0 Å². The first-order chi connectivity index (χ1) is 6.86. The topological polar surface area (TPSA) is 37.8 Å². The van der Waals surface area contributed by atoms with Crippen LogP contribution in [0.25, 0.3) is 0 Å². The minimum absolute atomic E-state index is 0.564. The van der Waals surface area contributed by atoms with E-state index in [0.29, 0.717) is 6.04 Å². The lowest BCUT2D eigenvalue weighted by molar-refractivity contribution is 0.529. The molecule has 1 N–H and O–H groups in total. The zero-order valence-corrected chi connectivity index (χ0v) is 9.55. The summed E-state index contributed by atoms with van der Waals surface area (Å²) in [5.74, 6) is 2.01. The van der Waals surface area contributed by atoms with Gasteiger partial charge in [0.2, 0.25) is 0 Å². The molecule has 1 atom stereocenters. The Morgan fingerprint density at radius 3 is 2.71 bits per heavy atom. The fourth-order valence-electron chi connectivity index (χ4n) is 1.18. The molecule has 0 aromatic carbocycles. The standard InChI is InChI=1S/C10H17N3S/c1-3-9(8-14-2)13-7-10-11-5-4-6-12-10/h4-6,9,13H,3,7-8H2,1-2H3. The molecule has 1 heterocycles. The van der Waals surface area contributed by atoms with Gasteiger partial charge in [0.15, 0.2) is 0 Å². The van der Waals surface area contributed by atoms with Crippen LogP contribution in [0, 0.1) is 0 Å². The highest BCUT2D eigenvalue weighted by atomic mass is 32.2. The van der Waals surface area contributed by atoms with Crippen molar-refractivity contribution in [3.8, 4) is 0 Å². The second-order valence-electron chi connectivity index (χ2n) is 3.11. The van der Waals surface area contributed by atoms with Gasteiger partial charge in [0.1, 0.15) is 5.82 Å². The predicted molar refractivity (Wildman–Crippen MR) is 61.3 cm³/mol. The Kier molecular flexibility index (Phi) is 5.56. The summed E-state index contributed by atoms with van der Waals surface area (Å²) in [6, 6.07) is 2.40. The van der Waals surface area contributed by atoms with Crippen LogP contribution in [0.3, 0.4) is 0 Å². The van der Waals surface area contributed by atoms with E-state index in [1.807, 2.05) is 17.8 Å². The third-order valence-electron chi connectivity index (χ3n) is 2.03. The number of rotatable bonds is 6. The molecule has 3 nitrogen and oxygen atoms in total. The molecule has 0 spiro atoms. The van der Waals surface area contributed by atoms with E-state index >= 15 is 0 Å². The van der Waals surface area contributed by atoms with E-state index < -0.39 is 0 Å². The molecule has 0 radical (unpaired) electrons. The summed E-state index contributed by atoms with van der Waals surface area (Å²) in [6.07, 6.45) is 6.83. The average Bonchev–Trinajstić information content (AvgIpc) is 2.25. The van der Waals surface area contributed by atoms with Gasteiger partial charge in [-0.2, -0.15) is 11.8 Å². The molecule has 0 aliphatic heterocycles. The Bertz CT molecular complexity index is 240. The van der Waals surface area contributed by atoms with Crippen LogP contribution in [0.1, 0.15) is 19.2 Å². The number of hydrogen-bond donors (Lipinski definition) is 1. The zero-order chi connectivity index (χ0) is 10.2. The molecule has 0 bridgehead atoms. The lowest BCUT2D eigenvalue weighted by Gasteiger charge is -2.14.